The fourth-order valence-electron chi connectivity index (χ4n) is 7.10. The van der Waals surface area contributed by atoms with E-state index in [1.165, 1.54) is 16.7 Å². The third-order valence-corrected chi connectivity index (χ3v) is 11.8. The van der Waals surface area contributed by atoms with E-state index in [-0.39, 0.29) is 30.8 Å². The summed E-state index contributed by atoms with van der Waals surface area (Å²) in [5, 5.41) is 5.10. The van der Waals surface area contributed by atoms with E-state index >= 15 is 0 Å². The molecule has 59 heavy (non-hydrogen) atoms. The minimum atomic E-state index is -1.08. The van der Waals surface area contributed by atoms with Gasteiger partial charge in [-0.2, -0.15) is 0 Å². The summed E-state index contributed by atoms with van der Waals surface area (Å²) in [4.78, 5) is 69.6. The van der Waals surface area contributed by atoms with Crippen molar-refractivity contribution in [1.29, 1.82) is 0 Å². The SMILES string of the molecule is O=C(CCCC(NC(=O)c1ccccc1)C(=O)OC(c1ccccc1)c1ccccc1)NC1C(=O)N2C(C(=O)OC(c3ccccc3)c3ccccc3)=C(CCl)CS[C@H]12. The number of hydrogen-bond acceptors (Lipinski definition) is 8. The van der Waals surface area contributed by atoms with E-state index in [0.29, 0.717) is 16.9 Å². The van der Waals surface area contributed by atoms with Crippen molar-refractivity contribution in [1.82, 2.24) is 15.5 Å². The van der Waals surface area contributed by atoms with Crippen LogP contribution in [-0.2, 0) is 28.7 Å². The number of ether oxygens (including phenoxy) is 2. The maximum atomic E-state index is 13.9. The number of β-lactam (4-membered cyclic amide) rings is 1. The third-order valence-electron chi connectivity index (χ3n) is 10.1. The molecule has 3 atom stereocenters. The number of alkyl halides is 1. The lowest BCUT2D eigenvalue weighted by molar-refractivity contribution is -0.154. The Labute approximate surface area is 351 Å². The van der Waals surface area contributed by atoms with Gasteiger partial charge in [-0.15, -0.1) is 23.4 Å². The van der Waals surface area contributed by atoms with Gasteiger partial charge >= 0.3 is 11.9 Å². The van der Waals surface area contributed by atoms with Crippen LogP contribution in [0.4, 0.5) is 0 Å². The number of halogens is 1. The van der Waals surface area contributed by atoms with Gasteiger partial charge in [0.05, 0.1) is 0 Å². The van der Waals surface area contributed by atoms with Crippen LogP contribution in [0.25, 0.3) is 0 Å². The molecule has 2 N–H and O–H groups in total. The zero-order valence-corrected chi connectivity index (χ0v) is 33.5. The van der Waals surface area contributed by atoms with E-state index in [0.717, 1.165) is 22.3 Å². The second-order valence-corrected chi connectivity index (χ2v) is 15.4. The molecule has 5 aromatic rings. The number of carbonyl (C=O) groups is 5. The quantitative estimate of drug-likeness (QED) is 0.0594. The van der Waals surface area contributed by atoms with Gasteiger partial charge in [0.1, 0.15) is 23.2 Å². The molecule has 12 heteroatoms. The molecule has 3 amide bonds. The van der Waals surface area contributed by atoms with Crippen LogP contribution in [0.15, 0.2) is 163 Å². The lowest BCUT2D eigenvalue weighted by Gasteiger charge is -2.49. The summed E-state index contributed by atoms with van der Waals surface area (Å²) < 4.78 is 12.2. The Morgan fingerprint density at radius 3 is 1.66 bits per heavy atom. The minimum absolute atomic E-state index is 0.0220. The highest BCUT2D eigenvalue weighted by molar-refractivity contribution is 8.00. The topological polar surface area (TPSA) is 131 Å². The molecule has 2 unspecified atom stereocenters. The zero-order valence-electron chi connectivity index (χ0n) is 31.9. The normalized spacial score (nSPS) is 16.5. The van der Waals surface area contributed by atoms with E-state index in [1.807, 2.05) is 121 Å². The maximum Gasteiger partial charge on any atom is 0.356 e. The molecular weight excluding hydrogens is 786 g/mol. The van der Waals surface area contributed by atoms with Crippen LogP contribution in [0.5, 0.6) is 0 Å². The predicted octanol–water partition coefficient (Wildman–Crippen LogP) is 7.51. The van der Waals surface area contributed by atoms with Crippen molar-refractivity contribution in [3.63, 3.8) is 0 Å². The van der Waals surface area contributed by atoms with E-state index in [4.69, 9.17) is 21.1 Å². The van der Waals surface area contributed by atoms with Gasteiger partial charge in [0.2, 0.25) is 5.91 Å². The van der Waals surface area contributed by atoms with Crippen molar-refractivity contribution in [2.45, 2.75) is 48.9 Å². The predicted molar refractivity (Wildman–Crippen MR) is 226 cm³/mol. The summed E-state index contributed by atoms with van der Waals surface area (Å²) in [6, 6.07) is 43.9. The molecule has 5 aromatic carbocycles. The number of benzene rings is 5. The average molecular weight is 828 g/mol. The summed E-state index contributed by atoms with van der Waals surface area (Å²) in [6.07, 6.45) is -1.22. The first-order chi connectivity index (χ1) is 28.8. The number of amides is 3. The van der Waals surface area contributed by atoms with Crippen LogP contribution in [-0.4, -0.2) is 63.7 Å². The molecule has 10 nitrogen and oxygen atoms in total. The van der Waals surface area contributed by atoms with Crippen molar-refractivity contribution in [2.24, 2.45) is 0 Å². The van der Waals surface area contributed by atoms with Gasteiger partial charge in [-0.25, -0.2) is 9.59 Å². The molecule has 1 saturated heterocycles. The van der Waals surface area contributed by atoms with E-state index in [1.54, 1.807) is 30.3 Å². The molecule has 0 aliphatic carbocycles. The van der Waals surface area contributed by atoms with Gasteiger partial charge < -0.3 is 20.1 Å². The van der Waals surface area contributed by atoms with E-state index < -0.39 is 59.3 Å². The molecular formula is C47H42ClN3O7S. The molecule has 0 saturated carbocycles. The summed E-state index contributed by atoms with van der Waals surface area (Å²) in [6.45, 7) is 0. The summed E-state index contributed by atoms with van der Waals surface area (Å²) in [5.74, 6) is -2.27. The average Bonchev–Trinajstić information content (AvgIpc) is 3.29. The smallest absolute Gasteiger partial charge is 0.356 e. The first kappa shape index (κ1) is 41.0. The highest BCUT2D eigenvalue weighted by Crippen LogP contribution is 2.42. The Balaban J connectivity index is 1.01. The van der Waals surface area contributed by atoms with Crippen LogP contribution in [0.3, 0.4) is 0 Å². The molecule has 0 radical (unpaired) electrons. The van der Waals surface area contributed by atoms with Gasteiger partial charge in [0.25, 0.3) is 11.8 Å². The Morgan fingerprint density at radius 2 is 1.17 bits per heavy atom. The second-order valence-electron chi connectivity index (χ2n) is 14.1. The Morgan fingerprint density at radius 1 is 0.695 bits per heavy atom. The van der Waals surface area contributed by atoms with E-state index in [9.17, 15) is 24.0 Å². The highest BCUT2D eigenvalue weighted by Gasteiger charge is 2.54. The van der Waals surface area contributed by atoms with Gasteiger partial charge in [-0.05, 0) is 52.8 Å². The van der Waals surface area contributed by atoms with Gasteiger partial charge in [-0.3, -0.25) is 19.3 Å². The number of carbonyl (C=O) groups excluding carboxylic acids is 5. The second kappa shape index (κ2) is 19.5. The molecule has 7 rings (SSSR count). The fourth-order valence-corrected chi connectivity index (χ4v) is 8.78. The first-order valence-corrected chi connectivity index (χ1v) is 20.9. The van der Waals surface area contributed by atoms with Crippen molar-refractivity contribution < 1.29 is 33.4 Å². The number of nitrogens with zero attached hydrogens (tertiary/aromatic N) is 1. The molecule has 300 valence electrons. The molecule has 2 aliphatic heterocycles. The molecule has 0 bridgehead atoms. The molecule has 2 aliphatic rings. The monoisotopic (exact) mass is 827 g/mol. The molecule has 0 aromatic heterocycles. The molecule has 0 spiro atoms. The van der Waals surface area contributed by atoms with Gasteiger partial charge in [-0.1, -0.05) is 140 Å². The van der Waals surface area contributed by atoms with E-state index in [2.05, 4.69) is 10.6 Å². The highest BCUT2D eigenvalue weighted by atomic mass is 35.5. The number of fused-ring (bicyclic) bond motifs is 1. The lowest BCUT2D eigenvalue weighted by atomic mass is 10.0. The Hall–Kier alpha value is -6.17. The summed E-state index contributed by atoms with van der Waals surface area (Å²) >= 11 is 7.71. The van der Waals surface area contributed by atoms with Crippen molar-refractivity contribution in [3.05, 3.63) is 191 Å². The number of nitrogens with one attached hydrogen (secondary N) is 2. The first-order valence-electron chi connectivity index (χ1n) is 19.3. The standard InChI is InChI=1S/C47H42ClN3O7S/c48-29-36-30-59-45-39(44(54)51(45)40(36)47(56)58-42(33-21-10-3-11-22-33)34-23-12-4-13-24-34)50-38(52)28-16-27-37(49-43(53)35-25-14-5-15-26-35)46(55)57-41(31-17-6-1-7-18-31)32-19-8-2-9-20-32/h1-15,17-26,37,39,41-42,45H,16,27-30H2,(H,49,53)(H,50,52)/t37?,39?,45-/m1/s1. The molecule has 2 heterocycles. The molecule has 1 fully saturated rings. The van der Waals surface area contributed by atoms with Crippen LogP contribution in [0, 0.1) is 0 Å². The third kappa shape index (κ3) is 9.76. The Bertz CT molecular complexity index is 2200. The maximum absolute atomic E-state index is 13.9. The zero-order chi connectivity index (χ0) is 41.1. The van der Waals surface area contributed by atoms with Crippen molar-refractivity contribution in [2.75, 3.05) is 11.6 Å². The van der Waals surface area contributed by atoms with Crippen molar-refractivity contribution in [3.8, 4) is 0 Å². The number of esters is 2. The van der Waals surface area contributed by atoms with Gasteiger partial charge in [0, 0.05) is 23.6 Å². The lowest BCUT2D eigenvalue weighted by Crippen LogP contribution is -2.70. The van der Waals surface area contributed by atoms with Crippen LogP contribution >= 0.6 is 23.4 Å². The van der Waals surface area contributed by atoms with Gasteiger partial charge in [0.15, 0.2) is 12.2 Å². The number of hydrogen-bond donors (Lipinski definition) is 2. The largest absolute Gasteiger partial charge is 0.451 e. The summed E-state index contributed by atoms with van der Waals surface area (Å²) in [5.41, 5.74) is 4.08. The van der Waals surface area contributed by atoms with Crippen LogP contribution in [0.1, 0.15) is 64.1 Å². The fraction of sp³-hybridized carbons (Fsp3) is 0.213. The number of thioether (sulfide) groups is 1. The Kier molecular flexibility index (Phi) is 13.6. The summed E-state index contributed by atoms with van der Waals surface area (Å²) in [7, 11) is 0. The minimum Gasteiger partial charge on any atom is -0.451 e. The van der Waals surface area contributed by atoms with Crippen molar-refractivity contribution >= 4 is 53.0 Å². The number of rotatable bonds is 16. The van der Waals surface area contributed by atoms with Crippen LogP contribution in [0.2, 0.25) is 0 Å². The van der Waals surface area contributed by atoms with Crippen LogP contribution < -0.4 is 10.6 Å².